The molecule has 2 N–H and O–H groups in total. The first-order valence-electron chi connectivity index (χ1n) is 6.04. The summed E-state index contributed by atoms with van der Waals surface area (Å²) < 4.78 is 0. The van der Waals surface area contributed by atoms with Gasteiger partial charge in [0, 0.05) is 22.2 Å². The van der Waals surface area contributed by atoms with Crippen molar-refractivity contribution in [2.24, 2.45) is 0 Å². The predicted molar refractivity (Wildman–Crippen MR) is 76.6 cm³/mol. The average molecular weight is 257 g/mol. The molecule has 2 heterocycles. The summed E-state index contributed by atoms with van der Waals surface area (Å²) in [6.07, 6.45) is 2.56. The summed E-state index contributed by atoms with van der Waals surface area (Å²) in [5.41, 5.74) is 9.22. The van der Waals surface area contributed by atoms with Crippen LogP contribution in [0.5, 0.6) is 0 Å². The molecule has 0 fully saturated rings. The van der Waals surface area contributed by atoms with E-state index in [0.29, 0.717) is 11.3 Å². The minimum absolute atomic E-state index is 0.470. The average Bonchev–Trinajstić information content (AvgIpc) is 2.89. The standard InChI is InChI=1S/C12H9N3S.C2H6/c13-5-7-6-15-9-1-2-10-8(3-4-16-10)11(9)12(7)14;1-2/h1-2,6H,3-4H2,(H2,14,15);1-2H3. The number of nitrogens with zero attached hydrogens (tertiary/aromatic N) is 2. The normalized spacial score (nSPS) is 12.5. The van der Waals surface area contributed by atoms with E-state index in [1.807, 2.05) is 31.7 Å². The van der Waals surface area contributed by atoms with Crippen molar-refractivity contribution >= 4 is 28.4 Å². The van der Waals surface area contributed by atoms with Crippen molar-refractivity contribution in [3.8, 4) is 6.07 Å². The van der Waals surface area contributed by atoms with Gasteiger partial charge < -0.3 is 5.73 Å². The number of aryl methyl sites for hydroxylation is 1. The first kappa shape index (κ1) is 12.7. The number of pyridine rings is 1. The molecule has 18 heavy (non-hydrogen) atoms. The van der Waals surface area contributed by atoms with Gasteiger partial charge in [0.15, 0.2) is 0 Å². The third-order valence-electron chi connectivity index (χ3n) is 2.87. The summed E-state index contributed by atoms with van der Waals surface area (Å²) in [7, 11) is 0. The highest BCUT2D eigenvalue weighted by Crippen LogP contribution is 2.38. The lowest BCUT2D eigenvalue weighted by Crippen LogP contribution is -1.97. The van der Waals surface area contributed by atoms with Crippen molar-refractivity contribution in [3.63, 3.8) is 0 Å². The fraction of sp³-hybridized carbons (Fsp3) is 0.286. The fourth-order valence-corrected chi connectivity index (χ4v) is 3.17. The van der Waals surface area contributed by atoms with E-state index in [1.54, 1.807) is 6.20 Å². The number of thioether (sulfide) groups is 1. The van der Waals surface area contributed by atoms with E-state index in [1.165, 1.54) is 10.5 Å². The summed E-state index contributed by atoms with van der Waals surface area (Å²) in [6.45, 7) is 4.00. The maximum absolute atomic E-state index is 8.95. The van der Waals surface area contributed by atoms with Gasteiger partial charge in [0.1, 0.15) is 6.07 Å². The molecule has 1 aliphatic rings. The second-order valence-electron chi connectivity index (χ2n) is 3.73. The number of hydrogen-bond donors (Lipinski definition) is 1. The maximum Gasteiger partial charge on any atom is 0.103 e. The van der Waals surface area contributed by atoms with E-state index in [9.17, 15) is 0 Å². The van der Waals surface area contributed by atoms with Crippen LogP contribution in [-0.2, 0) is 6.42 Å². The van der Waals surface area contributed by atoms with Gasteiger partial charge in [-0.25, -0.2) is 0 Å². The second-order valence-corrected chi connectivity index (χ2v) is 4.87. The van der Waals surface area contributed by atoms with Crippen LogP contribution < -0.4 is 5.73 Å². The highest BCUT2D eigenvalue weighted by Gasteiger charge is 2.17. The molecule has 92 valence electrons. The lowest BCUT2D eigenvalue weighted by atomic mass is 10.0. The van der Waals surface area contributed by atoms with Crippen LogP contribution in [-0.4, -0.2) is 10.7 Å². The second kappa shape index (κ2) is 5.28. The van der Waals surface area contributed by atoms with Crippen LogP contribution in [0.15, 0.2) is 23.2 Å². The Labute approximate surface area is 111 Å². The maximum atomic E-state index is 8.95. The zero-order chi connectivity index (χ0) is 13.1. The number of fused-ring (bicyclic) bond motifs is 3. The minimum Gasteiger partial charge on any atom is -0.397 e. The fourth-order valence-electron chi connectivity index (χ4n) is 2.10. The Kier molecular flexibility index (Phi) is 3.73. The van der Waals surface area contributed by atoms with Gasteiger partial charge in [-0.2, -0.15) is 5.26 Å². The number of nitrogen functional groups attached to an aromatic ring is 1. The molecule has 0 amide bonds. The molecule has 0 bridgehead atoms. The Bertz CT molecular complexity index is 624. The van der Waals surface area contributed by atoms with E-state index in [2.05, 4.69) is 17.1 Å². The van der Waals surface area contributed by atoms with Crippen molar-refractivity contribution in [2.45, 2.75) is 25.2 Å². The molecule has 0 saturated carbocycles. The first-order chi connectivity index (χ1) is 8.81. The molecule has 1 aliphatic heterocycles. The summed E-state index contributed by atoms with van der Waals surface area (Å²) in [5, 5.41) is 9.92. The van der Waals surface area contributed by atoms with Gasteiger partial charge >= 0.3 is 0 Å². The first-order valence-corrected chi connectivity index (χ1v) is 7.03. The Morgan fingerprint density at radius 2 is 2.17 bits per heavy atom. The van der Waals surface area contributed by atoms with Gasteiger partial charge in [-0.15, -0.1) is 11.8 Å². The van der Waals surface area contributed by atoms with E-state index in [-0.39, 0.29) is 0 Å². The minimum atomic E-state index is 0.470. The monoisotopic (exact) mass is 257 g/mol. The molecule has 3 rings (SSSR count). The number of hydrogen-bond acceptors (Lipinski definition) is 4. The summed E-state index contributed by atoms with van der Waals surface area (Å²) in [4.78, 5) is 5.55. The van der Waals surface area contributed by atoms with E-state index in [4.69, 9.17) is 11.0 Å². The van der Waals surface area contributed by atoms with Gasteiger partial charge in [0.05, 0.1) is 16.8 Å². The topological polar surface area (TPSA) is 62.7 Å². The molecule has 4 heteroatoms. The number of anilines is 1. The van der Waals surface area contributed by atoms with Gasteiger partial charge in [0.2, 0.25) is 0 Å². The van der Waals surface area contributed by atoms with Crippen LogP contribution in [0.4, 0.5) is 5.69 Å². The van der Waals surface area contributed by atoms with Crippen molar-refractivity contribution in [1.82, 2.24) is 4.98 Å². The number of nitrogens with two attached hydrogens (primary N) is 1. The Hall–Kier alpha value is -1.73. The van der Waals surface area contributed by atoms with E-state index in [0.717, 1.165) is 23.1 Å². The number of aromatic nitrogens is 1. The molecule has 1 aromatic heterocycles. The third kappa shape index (κ3) is 1.91. The van der Waals surface area contributed by atoms with E-state index >= 15 is 0 Å². The van der Waals surface area contributed by atoms with Crippen LogP contribution in [0.1, 0.15) is 25.0 Å². The SMILES string of the molecule is CC.N#Cc1cnc2ccc3c(c2c1N)CCS3. The summed E-state index contributed by atoms with van der Waals surface area (Å²) in [5.74, 6) is 1.09. The van der Waals surface area contributed by atoms with Crippen LogP contribution in [0, 0.1) is 11.3 Å². The molecule has 0 saturated heterocycles. The van der Waals surface area contributed by atoms with Crippen LogP contribution >= 0.6 is 11.8 Å². The molecular formula is C14H15N3S. The summed E-state index contributed by atoms with van der Waals surface area (Å²) in [6, 6.07) is 6.15. The van der Waals surface area contributed by atoms with Crippen molar-refractivity contribution in [3.05, 3.63) is 29.5 Å². The molecule has 0 atom stereocenters. The van der Waals surface area contributed by atoms with Crippen molar-refractivity contribution in [1.29, 1.82) is 5.26 Å². The highest BCUT2D eigenvalue weighted by molar-refractivity contribution is 7.99. The lowest BCUT2D eigenvalue weighted by Gasteiger charge is -2.07. The van der Waals surface area contributed by atoms with Gasteiger partial charge in [-0.1, -0.05) is 13.8 Å². The van der Waals surface area contributed by atoms with Crippen LogP contribution in [0.2, 0.25) is 0 Å². The lowest BCUT2D eigenvalue weighted by molar-refractivity contribution is 1.17. The highest BCUT2D eigenvalue weighted by atomic mass is 32.2. The Balaban J connectivity index is 0.000000574. The number of nitriles is 1. The molecule has 2 aromatic rings. The third-order valence-corrected chi connectivity index (χ3v) is 3.97. The molecule has 1 aromatic carbocycles. The Morgan fingerprint density at radius 1 is 1.39 bits per heavy atom. The smallest absolute Gasteiger partial charge is 0.103 e. The molecule has 0 aliphatic carbocycles. The van der Waals surface area contributed by atoms with Gasteiger partial charge in [-0.3, -0.25) is 4.98 Å². The molecule has 0 spiro atoms. The zero-order valence-electron chi connectivity index (χ0n) is 10.5. The zero-order valence-corrected chi connectivity index (χ0v) is 11.3. The molecule has 3 nitrogen and oxygen atoms in total. The molecule has 0 radical (unpaired) electrons. The summed E-state index contributed by atoms with van der Waals surface area (Å²) >= 11 is 1.84. The molecule has 0 unspecified atom stereocenters. The Morgan fingerprint density at radius 3 is 2.89 bits per heavy atom. The van der Waals surface area contributed by atoms with Gasteiger partial charge in [-0.05, 0) is 24.1 Å². The van der Waals surface area contributed by atoms with Crippen LogP contribution in [0.3, 0.4) is 0 Å². The number of rotatable bonds is 0. The van der Waals surface area contributed by atoms with Gasteiger partial charge in [0.25, 0.3) is 0 Å². The van der Waals surface area contributed by atoms with Crippen molar-refractivity contribution < 1.29 is 0 Å². The van der Waals surface area contributed by atoms with Crippen LogP contribution in [0.25, 0.3) is 10.9 Å². The largest absolute Gasteiger partial charge is 0.397 e. The quantitative estimate of drug-likeness (QED) is 0.786. The molecular weight excluding hydrogens is 242 g/mol. The predicted octanol–water partition coefficient (Wildman–Crippen LogP) is 3.36. The van der Waals surface area contributed by atoms with Crippen molar-refractivity contribution in [2.75, 3.05) is 11.5 Å². The van der Waals surface area contributed by atoms with E-state index < -0.39 is 0 Å². The number of benzene rings is 1.